The molecule has 1 aliphatic rings. The lowest BCUT2D eigenvalue weighted by Crippen LogP contribution is -2.56. The predicted octanol–water partition coefficient (Wildman–Crippen LogP) is 1.97. The SMILES string of the molecule is CNc1nc(-c2ccc(C(C)(C)C)cc2)nc(C)c1C(=O)NC(CCN)C(=O)N(C)[C@@H]1C(=O)N[C@@H](C)C(=O)N[C@H](C(=O)NCC#N)Cc2ccc(OCCN)c(c2)-c2cc1ccc2OCCN. The number of carbonyl (C=O) groups excluding carboxylic acids is 5. The molecule has 0 spiro atoms. The van der Waals surface area contributed by atoms with Crippen molar-refractivity contribution >= 4 is 35.4 Å². The van der Waals surface area contributed by atoms with Crippen LogP contribution in [0.4, 0.5) is 5.82 Å². The third-order valence-corrected chi connectivity index (χ3v) is 11.2. The fraction of sp³-hybridized carbons (Fsp3) is 0.417. The number of aromatic nitrogens is 2. The monoisotopic (exact) mass is 918 g/mol. The number of hydrogen-bond donors (Lipinski definition) is 8. The third kappa shape index (κ3) is 12.4. The zero-order valence-electron chi connectivity index (χ0n) is 39.1. The molecule has 5 amide bonds. The van der Waals surface area contributed by atoms with Crippen molar-refractivity contribution in [2.24, 2.45) is 17.2 Å². The van der Waals surface area contributed by atoms with E-state index in [-0.39, 0.29) is 69.0 Å². The number of ether oxygens (including phenoxy) is 2. The molecule has 2 heterocycles. The molecule has 4 atom stereocenters. The average molecular weight is 919 g/mol. The molecule has 11 N–H and O–H groups in total. The third-order valence-electron chi connectivity index (χ3n) is 11.2. The molecule has 19 nitrogen and oxygen atoms in total. The summed E-state index contributed by atoms with van der Waals surface area (Å²) in [6, 6.07) is 14.8. The lowest BCUT2D eigenvalue weighted by Gasteiger charge is -2.32. The Morgan fingerprint density at radius 1 is 0.910 bits per heavy atom. The summed E-state index contributed by atoms with van der Waals surface area (Å²) in [6.45, 7) is 9.81. The number of fused-ring (bicyclic) bond motifs is 5. The van der Waals surface area contributed by atoms with E-state index in [0.29, 0.717) is 45.3 Å². The number of hydrogen-bond acceptors (Lipinski definition) is 14. The smallest absolute Gasteiger partial charge is 0.257 e. The van der Waals surface area contributed by atoms with Gasteiger partial charge >= 0.3 is 0 Å². The van der Waals surface area contributed by atoms with Crippen molar-refractivity contribution in [3.8, 4) is 40.1 Å². The number of anilines is 1. The molecule has 1 unspecified atom stereocenters. The second kappa shape index (κ2) is 22.9. The topological polar surface area (TPSA) is 295 Å². The van der Waals surface area contributed by atoms with E-state index >= 15 is 0 Å². The summed E-state index contributed by atoms with van der Waals surface area (Å²) < 4.78 is 12.2. The Balaban J connectivity index is 1.58. The van der Waals surface area contributed by atoms with E-state index in [4.69, 9.17) is 26.7 Å². The summed E-state index contributed by atoms with van der Waals surface area (Å²) in [4.78, 5) is 81.3. The first-order valence-corrected chi connectivity index (χ1v) is 22.1. The van der Waals surface area contributed by atoms with Crippen molar-refractivity contribution in [2.75, 3.05) is 58.8 Å². The first kappa shape index (κ1) is 50.9. The molecule has 19 heteroatoms. The lowest BCUT2D eigenvalue weighted by atomic mass is 9.86. The van der Waals surface area contributed by atoms with Crippen LogP contribution in [0.25, 0.3) is 22.5 Å². The van der Waals surface area contributed by atoms with Crippen molar-refractivity contribution in [1.82, 2.24) is 36.1 Å². The van der Waals surface area contributed by atoms with Gasteiger partial charge in [0.2, 0.25) is 23.6 Å². The van der Waals surface area contributed by atoms with Crippen LogP contribution in [0.1, 0.15) is 72.9 Å². The minimum absolute atomic E-state index is 0.00229. The van der Waals surface area contributed by atoms with E-state index in [1.165, 1.54) is 18.9 Å². The van der Waals surface area contributed by atoms with Gasteiger partial charge in [0.05, 0.1) is 11.8 Å². The molecule has 67 heavy (non-hydrogen) atoms. The maximum atomic E-state index is 14.8. The molecule has 1 aromatic heterocycles. The standard InChI is InChI=1S/C48H62N12O7/c1-27-39(42(53-6)59-41(55-27)30-9-12-32(13-10-30)48(3,4)5)45(63)57-35(16-17-49)47(65)60(7)40-31-11-15-38(67-23-20-52)34(26-31)33-24-29(8-14-37(33)66-22-19-51)25-36(44(62)54-21-18-50)58-43(61)28(2)56-46(40)64/h8-15,24,26,28,35-36,40H,16-17,19-23,25,49,51-52H2,1-7H3,(H,54,62)(H,56,64)(H,57,63)(H,58,61)(H,53,55,59)/t28-,35?,36-,40-/m0/s1. The van der Waals surface area contributed by atoms with Gasteiger partial charge in [0.1, 0.15) is 66.8 Å². The molecule has 0 radical (unpaired) electrons. The highest BCUT2D eigenvalue weighted by molar-refractivity contribution is 6.03. The fourth-order valence-corrected chi connectivity index (χ4v) is 7.63. The minimum atomic E-state index is -1.42. The summed E-state index contributed by atoms with van der Waals surface area (Å²) >= 11 is 0. The molecule has 0 fully saturated rings. The molecule has 1 aliphatic heterocycles. The van der Waals surface area contributed by atoms with Gasteiger partial charge in [-0.3, -0.25) is 24.0 Å². The van der Waals surface area contributed by atoms with E-state index in [1.54, 1.807) is 50.4 Å². The zero-order valence-corrected chi connectivity index (χ0v) is 39.1. The van der Waals surface area contributed by atoms with Gasteiger partial charge in [-0.05, 0) is 73.2 Å². The van der Waals surface area contributed by atoms with Gasteiger partial charge in [-0.15, -0.1) is 0 Å². The molecule has 356 valence electrons. The summed E-state index contributed by atoms with van der Waals surface area (Å²) in [5, 5.41) is 22.9. The molecule has 0 saturated carbocycles. The Kier molecular flexibility index (Phi) is 17.3. The number of likely N-dealkylation sites (N-methyl/N-ethyl adjacent to an activating group) is 1. The predicted molar refractivity (Wildman–Crippen MR) is 254 cm³/mol. The van der Waals surface area contributed by atoms with Crippen LogP contribution in [0.15, 0.2) is 60.7 Å². The molecular formula is C48H62N12O7. The second-order valence-electron chi connectivity index (χ2n) is 17.1. The Labute approximate surface area is 390 Å². The van der Waals surface area contributed by atoms with Crippen LogP contribution >= 0.6 is 0 Å². The molecule has 3 aromatic carbocycles. The van der Waals surface area contributed by atoms with Crippen LogP contribution in [-0.2, 0) is 31.0 Å². The van der Waals surface area contributed by atoms with E-state index in [1.807, 2.05) is 30.3 Å². The Morgan fingerprint density at radius 3 is 2.15 bits per heavy atom. The van der Waals surface area contributed by atoms with E-state index < -0.39 is 53.7 Å². The Bertz CT molecular complexity index is 2480. The van der Waals surface area contributed by atoms with Crippen molar-refractivity contribution in [2.45, 2.75) is 77.0 Å². The molecule has 5 rings (SSSR count). The normalized spacial score (nSPS) is 16.5. The van der Waals surface area contributed by atoms with Crippen molar-refractivity contribution in [3.63, 3.8) is 0 Å². The Hall–Kier alpha value is -7.14. The number of aryl methyl sites for hydroxylation is 1. The van der Waals surface area contributed by atoms with Gasteiger partial charge in [0.15, 0.2) is 5.82 Å². The number of carbonyl (C=O) groups is 5. The van der Waals surface area contributed by atoms with Gasteiger partial charge in [-0.1, -0.05) is 57.2 Å². The van der Waals surface area contributed by atoms with Crippen LogP contribution in [0.5, 0.6) is 11.5 Å². The zero-order chi connectivity index (χ0) is 49.0. The van der Waals surface area contributed by atoms with Crippen molar-refractivity contribution < 1.29 is 33.4 Å². The number of rotatable bonds is 16. The van der Waals surface area contributed by atoms with Gasteiger partial charge in [0.25, 0.3) is 5.91 Å². The summed E-state index contributed by atoms with van der Waals surface area (Å²) in [6.07, 6.45) is -0.0201. The molecule has 0 aliphatic carbocycles. The van der Waals surface area contributed by atoms with Crippen LogP contribution < -0.4 is 53.3 Å². The van der Waals surface area contributed by atoms with Crippen molar-refractivity contribution in [1.29, 1.82) is 5.26 Å². The molecular weight excluding hydrogens is 857 g/mol. The highest BCUT2D eigenvalue weighted by atomic mass is 16.5. The van der Waals surface area contributed by atoms with Crippen LogP contribution in [0.2, 0.25) is 0 Å². The summed E-state index contributed by atoms with van der Waals surface area (Å²) in [5.74, 6) is -2.03. The summed E-state index contributed by atoms with van der Waals surface area (Å²) in [7, 11) is 3.04. The van der Waals surface area contributed by atoms with Gasteiger partial charge in [0, 0.05) is 50.3 Å². The lowest BCUT2D eigenvalue weighted by molar-refractivity contribution is -0.141. The van der Waals surface area contributed by atoms with Crippen LogP contribution in [0.3, 0.4) is 0 Å². The van der Waals surface area contributed by atoms with Crippen LogP contribution in [-0.4, -0.2) is 116 Å². The number of nitrogens with one attached hydrogen (secondary N) is 5. The summed E-state index contributed by atoms with van der Waals surface area (Å²) in [5.41, 5.74) is 21.9. The highest BCUT2D eigenvalue weighted by Crippen LogP contribution is 2.40. The van der Waals surface area contributed by atoms with Gasteiger partial charge in [-0.25, -0.2) is 9.97 Å². The fourth-order valence-electron chi connectivity index (χ4n) is 7.63. The first-order valence-electron chi connectivity index (χ1n) is 22.1. The maximum Gasteiger partial charge on any atom is 0.257 e. The molecule has 0 saturated heterocycles. The highest BCUT2D eigenvalue weighted by Gasteiger charge is 2.36. The second-order valence-corrected chi connectivity index (χ2v) is 17.1. The van der Waals surface area contributed by atoms with Crippen LogP contribution in [0, 0.1) is 18.3 Å². The van der Waals surface area contributed by atoms with Crippen molar-refractivity contribution in [3.05, 3.63) is 88.6 Å². The number of nitriles is 1. The quantitative estimate of drug-likeness (QED) is 0.0746. The van der Waals surface area contributed by atoms with Gasteiger partial charge < -0.3 is 58.2 Å². The maximum absolute atomic E-state index is 14.8. The van der Waals surface area contributed by atoms with E-state index in [2.05, 4.69) is 57.3 Å². The minimum Gasteiger partial charge on any atom is -0.492 e. The van der Waals surface area contributed by atoms with Gasteiger partial charge in [-0.2, -0.15) is 5.26 Å². The number of nitrogens with two attached hydrogens (primary N) is 3. The number of nitrogens with zero attached hydrogens (tertiary/aromatic N) is 4. The Morgan fingerprint density at radius 2 is 1.55 bits per heavy atom. The van der Waals surface area contributed by atoms with E-state index in [9.17, 15) is 29.2 Å². The number of amides is 5. The largest absolute Gasteiger partial charge is 0.492 e. The van der Waals surface area contributed by atoms with E-state index in [0.717, 1.165) is 11.1 Å². The first-order chi connectivity index (χ1) is 31.9. The number of benzene rings is 3. The average Bonchev–Trinajstić information content (AvgIpc) is 3.30. The molecule has 4 aromatic rings. The molecule has 4 bridgehead atoms.